The van der Waals surface area contributed by atoms with Gasteiger partial charge in [0.1, 0.15) is 11.6 Å². The zero-order valence-electron chi connectivity index (χ0n) is 13.0. The van der Waals surface area contributed by atoms with Crippen LogP contribution in [0.25, 0.3) is 0 Å². The van der Waals surface area contributed by atoms with Crippen molar-refractivity contribution in [1.82, 2.24) is 0 Å². The van der Waals surface area contributed by atoms with Gasteiger partial charge in [0.2, 0.25) is 5.91 Å². The number of carbonyl (C=O) groups is 1. The van der Waals surface area contributed by atoms with E-state index < -0.39 is 11.9 Å². The molecule has 0 saturated heterocycles. The molecule has 1 amide bonds. The third kappa shape index (κ3) is 5.07. The van der Waals surface area contributed by atoms with E-state index in [1.54, 1.807) is 24.3 Å². The first-order valence-electron chi connectivity index (χ1n) is 7.55. The number of halogens is 1. The van der Waals surface area contributed by atoms with Gasteiger partial charge in [-0.2, -0.15) is 0 Å². The molecule has 0 aliphatic heterocycles. The molecule has 2 N–H and O–H groups in total. The summed E-state index contributed by atoms with van der Waals surface area (Å²) in [7, 11) is 0. The minimum absolute atomic E-state index is 0.0887. The number of hydrogen-bond acceptors (Lipinski definition) is 3. The van der Waals surface area contributed by atoms with Crippen molar-refractivity contribution in [3.05, 3.63) is 59.9 Å². The van der Waals surface area contributed by atoms with Gasteiger partial charge in [0.05, 0.1) is 24.8 Å². The summed E-state index contributed by atoms with van der Waals surface area (Å²) in [6, 6.07) is 12.9. The van der Waals surface area contributed by atoms with Gasteiger partial charge in [-0.1, -0.05) is 37.3 Å². The maximum atomic E-state index is 13.3. The molecule has 23 heavy (non-hydrogen) atoms. The molecule has 0 spiro atoms. The number of carbonyl (C=O) groups excluding carboxylic acids is 1. The van der Waals surface area contributed by atoms with Crippen molar-refractivity contribution >= 4 is 11.6 Å². The summed E-state index contributed by atoms with van der Waals surface area (Å²) in [6.45, 7) is 2.37. The van der Waals surface area contributed by atoms with E-state index in [-0.39, 0.29) is 18.1 Å². The molecule has 1 atom stereocenters. The van der Waals surface area contributed by atoms with E-state index in [1.807, 2.05) is 13.0 Å². The first-order valence-corrected chi connectivity index (χ1v) is 7.55. The number of nitrogens with one attached hydrogen (secondary N) is 1. The summed E-state index contributed by atoms with van der Waals surface area (Å²) in [5.41, 5.74) is 1.06. The van der Waals surface area contributed by atoms with E-state index in [9.17, 15) is 14.3 Å². The van der Waals surface area contributed by atoms with Crippen LogP contribution in [0.4, 0.5) is 10.1 Å². The molecule has 0 heterocycles. The number of aliphatic hydroxyl groups excluding tert-OH is 1. The Balaban J connectivity index is 2.02. The van der Waals surface area contributed by atoms with E-state index >= 15 is 0 Å². The second-order valence-electron chi connectivity index (χ2n) is 5.17. The Morgan fingerprint density at radius 2 is 2.00 bits per heavy atom. The molecule has 5 heteroatoms. The molecule has 122 valence electrons. The smallest absolute Gasteiger partial charge is 0.227 e. The first-order chi connectivity index (χ1) is 11.1. The van der Waals surface area contributed by atoms with E-state index in [0.29, 0.717) is 17.9 Å². The molecular formula is C18H20FNO3. The predicted octanol–water partition coefficient (Wildman–Crippen LogP) is 3.68. The first kappa shape index (κ1) is 17.0. The standard InChI is InChI=1S/C18H20FNO3/c1-2-10-23-17-11-14(19)8-9-15(17)20-18(22)12-16(21)13-6-4-3-5-7-13/h3-9,11,16,21H,2,10,12H2,1H3,(H,20,22). The van der Waals surface area contributed by atoms with Crippen LogP contribution in [0.1, 0.15) is 31.4 Å². The Morgan fingerprint density at radius 1 is 1.26 bits per heavy atom. The van der Waals surface area contributed by atoms with Crippen LogP contribution in [0.2, 0.25) is 0 Å². The van der Waals surface area contributed by atoms with E-state index in [0.717, 1.165) is 6.42 Å². The fourth-order valence-corrected chi connectivity index (χ4v) is 2.10. The molecule has 0 aromatic heterocycles. The quantitative estimate of drug-likeness (QED) is 0.819. The van der Waals surface area contributed by atoms with Crippen molar-refractivity contribution in [3.8, 4) is 5.75 Å². The van der Waals surface area contributed by atoms with Gasteiger partial charge < -0.3 is 15.2 Å². The van der Waals surface area contributed by atoms with Crippen molar-refractivity contribution in [2.45, 2.75) is 25.9 Å². The molecule has 0 bridgehead atoms. The van der Waals surface area contributed by atoms with Crippen LogP contribution in [0, 0.1) is 5.82 Å². The number of ether oxygens (including phenoxy) is 1. The molecule has 4 nitrogen and oxygen atoms in total. The molecule has 2 rings (SSSR count). The summed E-state index contributed by atoms with van der Waals surface area (Å²) < 4.78 is 18.8. The number of anilines is 1. The minimum Gasteiger partial charge on any atom is -0.491 e. The van der Waals surface area contributed by atoms with E-state index in [2.05, 4.69) is 5.32 Å². The molecule has 0 aliphatic rings. The highest BCUT2D eigenvalue weighted by atomic mass is 19.1. The van der Waals surface area contributed by atoms with Crippen molar-refractivity contribution in [2.24, 2.45) is 0 Å². The average Bonchev–Trinajstić information content (AvgIpc) is 2.55. The van der Waals surface area contributed by atoms with Crippen LogP contribution in [0.3, 0.4) is 0 Å². The Labute approximate surface area is 134 Å². The lowest BCUT2D eigenvalue weighted by atomic mass is 10.1. The Morgan fingerprint density at radius 3 is 2.70 bits per heavy atom. The van der Waals surface area contributed by atoms with Gasteiger partial charge in [0.15, 0.2) is 0 Å². The molecule has 1 unspecified atom stereocenters. The number of aliphatic hydroxyl groups is 1. The summed E-state index contributed by atoms with van der Waals surface area (Å²) in [5, 5.41) is 12.7. The lowest BCUT2D eigenvalue weighted by Crippen LogP contribution is -2.16. The van der Waals surface area contributed by atoms with Gasteiger partial charge in [-0.05, 0) is 24.1 Å². The van der Waals surface area contributed by atoms with Crippen LogP contribution in [0.5, 0.6) is 5.75 Å². The zero-order chi connectivity index (χ0) is 16.7. The maximum absolute atomic E-state index is 13.3. The fourth-order valence-electron chi connectivity index (χ4n) is 2.10. The van der Waals surface area contributed by atoms with Crippen LogP contribution in [-0.2, 0) is 4.79 Å². The predicted molar refractivity (Wildman–Crippen MR) is 86.8 cm³/mol. The molecule has 0 aliphatic carbocycles. The van der Waals surface area contributed by atoms with Gasteiger partial charge in [-0.3, -0.25) is 4.79 Å². The SMILES string of the molecule is CCCOc1cc(F)ccc1NC(=O)CC(O)c1ccccc1. The van der Waals surface area contributed by atoms with Gasteiger partial charge >= 0.3 is 0 Å². The Kier molecular flexibility index (Phi) is 6.11. The lowest BCUT2D eigenvalue weighted by molar-refractivity contribution is -0.118. The van der Waals surface area contributed by atoms with E-state index in [1.165, 1.54) is 18.2 Å². The summed E-state index contributed by atoms with van der Waals surface area (Å²) in [6.07, 6.45) is -0.206. The van der Waals surface area contributed by atoms with Crippen molar-refractivity contribution in [3.63, 3.8) is 0 Å². The largest absolute Gasteiger partial charge is 0.491 e. The highest BCUT2D eigenvalue weighted by Crippen LogP contribution is 2.26. The van der Waals surface area contributed by atoms with Gasteiger partial charge in [0.25, 0.3) is 0 Å². The van der Waals surface area contributed by atoms with Crippen LogP contribution < -0.4 is 10.1 Å². The van der Waals surface area contributed by atoms with Crippen LogP contribution in [-0.4, -0.2) is 17.6 Å². The second-order valence-corrected chi connectivity index (χ2v) is 5.17. The van der Waals surface area contributed by atoms with Crippen LogP contribution in [0.15, 0.2) is 48.5 Å². The van der Waals surface area contributed by atoms with Gasteiger partial charge in [-0.25, -0.2) is 4.39 Å². The Bertz CT molecular complexity index is 646. The maximum Gasteiger partial charge on any atom is 0.227 e. The normalized spacial score (nSPS) is 11.8. The highest BCUT2D eigenvalue weighted by molar-refractivity contribution is 5.92. The number of rotatable bonds is 7. The third-order valence-electron chi connectivity index (χ3n) is 3.24. The summed E-state index contributed by atoms with van der Waals surface area (Å²) in [4.78, 5) is 12.1. The van der Waals surface area contributed by atoms with Crippen molar-refractivity contribution < 1.29 is 19.0 Å². The Hall–Kier alpha value is -2.40. The fraction of sp³-hybridized carbons (Fsp3) is 0.278. The number of hydrogen-bond donors (Lipinski definition) is 2. The molecule has 2 aromatic carbocycles. The summed E-state index contributed by atoms with van der Waals surface area (Å²) in [5.74, 6) is -0.512. The average molecular weight is 317 g/mol. The van der Waals surface area contributed by atoms with Gasteiger partial charge in [0, 0.05) is 6.07 Å². The van der Waals surface area contributed by atoms with Crippen LogP contribution >= 0.6 is 0 Å². The molecule has 2 aromatic rings. The number of benzene rings is 2. The molecule has 0 saturated carbocycles. The topological polar surface area (TPSA) is 58.6 Å². The minimum atomic E-state index is -0.892. The van der Waals surface area contributed by atoms with Crippen molar-refractivity contribution in [1.29, 1.82) is 0 Å². The molecular weight excluding hydrogens is 297 g/mol. The lowest BCUT2D eigenvalue weighted by Gasteiger charge is -2.14. The third-order valence-corrected chi connectivity index (χ3v) is 3.24. The number of amides is 1. The van der Waals surface area contributed by atoms with E-state index in [4.69, 9.17) is 4.74 Å². The zero-order valence-corrected chi connectivity index (χ0v) is 13.0. The van der Waals surface area contributed by atoms with Gasteiger partial charge in [-0.15, -0.1) is 0 Å². The molecule has 0 fully saturated rings. The second kappa shape index (κ2) is 8.29. The molecule has 0 radical (unpaired) electrons. The summed E-state index contributed by atoms with van der Waals surface area (Å²) >= 11 is 0. The highest BCUT2D eigenvalue weighted by Gasteiger charge is 2.15. The monoisotopic (exact) mass is 317 g/mol. The van der Waals surface area contributed by atoms with Crippen molar-refractivity contribution in [2.75, 3.05) is 11.9 Å².